The van der Waals surface area contributed by atoms with Crippen molar-refractivity contribution in [1.29, 1.82) is 0 Å². The highest BCUT2D eigenvalue weighted by atomic mass is 32.2. The van der Waals surface area contributed by atoms with Gasteiger partial charge in [-0.15, -0.1) is 0 Å². The molecule has 1 heterocycles. The third-order valence-electron chi connectivity index (χ3n) is 6.30. The summed E-state index contributed by atoms with van der Waals surface area (Å²) in [4.78, 5) is 17.6. The Morgan fingerprint density at radius 2 is 1.54 bits per heavy atom. The highest BCUT2D eigenvalue weighted by Gasteiger charge is 2.22. The molecule has 3 aromatic carbocycles. The topological polar surface area (TPSA) is 73.0 Å². The number of amides is 1. The van der Waals surface area contributed by atoms with Crippen LogP contribution < -0.4 is 14.5 Å². The van der Waals surface area contributed by atoms with E-state index in [0.29, 0.717) is 17.8 Å². The second kappa shape index (κ2) is 11.4. The number of carbonyl (C=O) groups excluding carboxylic acids is 1. The van der Waals surface area contributed by atoms with Crippen molar-refractivity contribution in [3.05, 3.63) is 90.5 Å². The van der Waals surface area contributed by atoms with Crippen molar-refractivity contribution in [1.82, 2.24) is 10.2 Å². The lowest BCUT2D eigenvalue weighted by Crippen LogP contribution is -2.47. The molecule has 3 aromatic rings. The van der Waals surface area contributed by atoms with E-state index >= 15 is 0 Å². The van der Waals surface area contributed by atoms with Crippen LogP contribution in [0, 0.1) is 0 Å². The molecule has 35 heavy (non-hydrogen) atoms. The van der Waals surface area contributed by atoms with Crippen LogP contribution in [0.1, 0.15) is 16.8 Å². The highest BCUT2D eigenvalue weighted by Crippen LogP contribution is 2.22. The molecule has 8 heteroatoms. The minimum absolute atomic E-state index is 0.0905. The number of para-hydroxylation sites is 2. The molecule has 0 atom stereocenters. The Kier molecular flexibility index (Phi) is 8.05. The normalized spacial score (nSPS) is 14.5. The van der Waals surface area contributed by atoms with Gasteiger partial charge in [0, 0.05) is 51.0 Å². The smallest absolute Gasteiger partial charge is 0.264 e. The van der Waals surface area contributed by atoms with E-state index in [1.165, 1.54) is 29.2 Å². The molecule has 1 aliphatic rings. The van der Waals surface area contributed by atoms with Gasteiger partial charge >= 0.3 is 0 Å². The Morgan fingerprint density at radius 1 is 0.886 bits per heavy atom. The zero-order valence-electron chi connectivity index (χ0n) is 20.0. The number of benzene rings is 3. The molecule has 1 N–H and O–H groups in total. The maximum absolute atomic E-state index is 13.0. The SMILES string of the molecule is CN(c1ccccc1)S(=O)(=O)c1cccc(C(=O)NCCCN2CCN(c3ccccc3)CC2)c1. The van der Waals surface area contributed by atoms with Gasteiger partial charge in [0.25, 0.3) is 15.9 Å². The van der Waals surface area contributed by atoms with Crippen LogP contribution in [0.15, 0.2) is 89.8 Å². The van der Waals surface area contributed by atoms with E-state index in [-0.39, 0.29) is 10.8 Å². The van der Waals surface area contributed by atoms with Gasteiger partial charge in [0.15, 0.2) is 0 Å². The van der Waals surface area contributed by atoms with Crippen molar-refractivity contribution >= 4 is 27.3 Å². The predicted octanol–water partition coefficient (Wildman–Crippen LogP) is 3.45. The van der Waals surface area contributed by atoms with Crippen molar-refractivity contribution in [3.8, 4) is 0 Å². The number of anilines is 2. The highest BCUT2D eigenvalue weighted by molar-refractivity contribution is 7.92. The molecule has 0 aliphatic carbocycles. The standard InChI is InChI=1S/C27H32N4O3S/c1-29(24-11-4-2-5-12-24)35(33,34)26-15-8-10-23(22-26)27(32)28-16-9-17-30-18-20-31(21-19-30)25-13-6-3-7-14-25/h2-8,10-15,22H,9,16-21H2,1H3,(H,28,32). The van der Waals surface area contributed by atoms with Gasteiger partial charge in [0.1, 0.15) is 0 Å². The lowest BCUT2D eigenvalue weighted by atomic mass is 10.2. The zero-order chi connectivity index (χ0) is 24.7. The van der Waals surface area contributed by atoms with Crippen molar-refractivity contribution in [3.63, 3.8) is 0 Å². The largest absolute Gasteiger partial charge is 0.369 e. The lowest BCUT2D eigenvalue weighted by molar-refractivity contribution is 0.0951. The summed E-state index contributed by atoms with van der Waals surface area (Å²) in [6, 6.07) is 25.5. The molecule has 1 fully saturated rings. The van der Waals surface area contributed by atoms with Gasteiger partial charge in [-0.1, -0.05) is 42.5 Å². The van der Waals surface area contributed by atoms with Crippen LogP contribution in [0.2, 0.25) is 0 Å². The van der Waals surface area contributed by atoms with E-state index < -0.39 is 10.0 Å². The predicted molar refractivity (Wildman–Crippen MR) is 141 cm³/mol. The summed E-state index contributed by atoms with van der Waals surface area (Å²) in [6.07, 6.45) is 0.839. The summed E-state index contributed by atoms with van der Waals surface area (Å²) in [5.74, 6) is -0.265. The fourth-order valence-corrected chi connectivity index (χ4v) is 5.45. The molecule has 0 saturated carbocycles. The fourth-order valence-electron chi connectivity index (χ4n) is 4.21. The summed E-state index contributed by atoms with van der Waals surface area (Å²) in [5.41, 5.74) is 2.16. The molecule has 0 unspecified atom stereocenters. The number of rotatable bonds is 9. The fraction of sp³-hybridized carbons (Fsp3) is 0.296. The molecular weight excluding hydrogens is 460 g/mol. The second-order valence-corrected chi connectivity index (χ2v) is 10.6. The van der Waals surface area contributed by atoms with Gasteiger partial charge < -0.3 is 10.2 Å². The van der Waals surface area contributed by atoms with Crippen molar-refractivity contribution in [2.75, 3.05) is 55.5 Å². The third-order valence-corrected chi connectivity index (χ3v) is 8.09. The number of nitrogens with one attached hydrogen (secondary N) is 1. The summed E-state index contributed by atoms with van der Waals surface area (Å²) in [5, 5.41) is 2.93. The monoisotopic (exact) mass is 492 g/mol. The molecular formula is C27H32N4O3S. The molecule has 0 radical (unpaired) electrons. The van der Waals surface area contributed by atoms with Crippen LogP contribution >= 0.6 is 0 Å². The average Bonchev–Trinajstić information content (AvgIpc) is 2.92. The molecule has 4 rings (SSSR count). The molecule has 0 spiro atoms. The lowest BCUT2D eigenvalue weighted by Gasteiger charge is -2.36. The average molecular weight is 493 g/mol. The maximum Gasteiger partial charge on any atom is 0.264 e. The minimum Gasteiger partial charge on any atom is -0.369 e. The summed E-state index contributed by atoms with van der Waals surface area (Å²) in [7, 11) is -2.26. The molecule has 184 valence electrons. The van der Waals surface area contributed by atoms with Crippen LogP contribution in [-0.4, -0.2) is 65.5 Å². The van der Waals surface area contributed by atoms with Crippen molar-refractivity contribution < 1.29 is 13.2 Å². The minimum atomic E-state index is -3.77. The van der Waals surface area contributed by atoms with Gasteiger partial charge in [0.2, 0.25) is 0 Å². The molecule has 1 amide bonds. The number of nitrogens with zero attached hydrogens (tertiary/aromatic N) is 3. The Bertz CT molecular complexity index is 1210. The number of hydrogen-bond donors (Lipinski definition) is 1. The van der Waals surface area contributed by atoms with Crippen LogP contribution in [-0.2, 0) is 10.0 Å². The quantitative estimate of drug-likeness (QED) is 0.463. The molecule has 0 aromatic heterocycles. The van der Waals surface area contributed by atoms with Gasteiger partial charge in [-0.3, -0.25) is 14.0 Å². The number of piperazine rings is 1. The maximum atomic E-state index is 13.0. The first-order chi connectivity index (χ1) is 16.9. The molecule has 1 saturated heterocycles. The van der Waals surface area contributed by atoms with E-state index in [9.17, 15) is 13.2 Å². The Balaban J connectivity index is 1.25. The molecule has 1 aliphatic heterocycles. The van der Waals surface area contributed by atoms with Gasteiger partial charge in [-0.25, -0.2) is 8.42 Å². The third kappa shape index (κ3) is 6.21. The Hall–Kier alpha value is -3.36. The zero-order valence-corrected chi connectivity index (χ0v) is 20.8. The van der Waals surface area contributed by atoms with Gasteiger partial charge in [0.05, 0.1) is 10.6 Å². The first-order valence-corrected chi connectivity index (χ1v) is 13.3. The molecule has 0 bridgehead atoms. The van der Waals surface area contributed by atoms with Crippen molar-refractivity contribution in [2.24, 2.45) is 0 Å². The van der Waals surface area contributed by atoms with E-state index in [1.807, 2.05) is 12.1 Å². The number of sulfonamides is 1. The van der Waals surface area contributed by atoms with Gasteiger partial charge in [-0.05, 0) is 55.4 Å². The van der Waals surface area contributed by atoms with Gasteiger partial charge in [-0.2, -0.15) is 0 Å². The second-order valence-electron chi connectivity index (χ2n) is 8.61. The van der Waals surface area contributed by atoms with Crippen LogP contribution in [0.3, 0.4) is 0 Å². The van der Waals surface area contributed by atoms with Crippen LogP contribution in [0.4, 0.5) is 11.4 Å². The summed E-state index contributed by atoms with van der Waals surface area (Å²) >= 11 is 0. The van der Waals surface area contributed by atoms with E-state index in [4.69, 9.17) is 0 Å². The van der Waals surface area contributed by atoms with Crippen LogP contribution in [0.25, 0.3) is 0 Å². The van der Waals surface area contributed by atoms with E-state index in [1.54, 1.807) is 36.4 Å². The summed E-state index contributed by atoms with van der Waals surface area (Å²) in [6.45, 7) is 5.44. The molecule has 7 nitrogen and oxygen atoms in total. The summed E-state index contributed by atoms with van der Waals surface area (Å²) < 4.78 is 27.3. The Morgan fingerprint density at radius 3 is 2.23 bits per heavy atom. The van der Waals surface area contributed by atoms with Crippen LogP contribution in [0.5, 0.6) is 0 Å². The Labute approximate surface area is 208 Å². The first-order valence-electron chi connectivity index (χ1n) is 11.9. The number of carbonyl (C=O) groups is 1. The number of hydrogen-bond acceptors (Lipinski definition) is 5. The van der Waals surface area contributed by atoms with E-state index in [2.05, 4.69) is 39.4 Å². The van der Waals surface area contributed by atoms with E-state index in [0.717, 1.165) is 39.1 Å². The van der Waals surface area contributed by atoms with Crippen molar-refractivity contribution in [2.45, 2.75) is 11.3 Å². The first kappa shape index (κ1) is 24.8.